The third kappa shape index (κ3) is 3.40. The van der Waals surface area contributed by atoms with Crippen molar-refractivity contribution in [3.05, 3.63) is 48.3 Å². The summed E-state index contributed by atoms with van der Waals surface area (Å²) in [5.74, 6) is 0. The minimum Gasteiger partial charge on any atom is -0.399 e. The SMILES string of the molecule is CC(C)(C)C(c1ccccc1)n1cc(B2OC(C)(C)C(C)(C)O2)cn1. The highest BCUT2D eigenvalue weighted by atomic mass is 16.7. The van der Waals surface area contributed by atoms with Gasteiger partial charge in [-0.05, 0) is 38.7 Å². The number of hydrogen-bond acceptors (Lipinski definition) is 3. The van der Waals surface area contributed by atoms with Crippen LogP contribution >= 0.6 is 0 Å². The van der Waals surface area contributed by atoms with E-state index in [9.17, 15) is 0 Å². The van der Waals surface area contributed by atoms with Gasteiger partial charge in [-0.2, -0.15) is 5.10 Å². The van der Waals surface area contributed by atoms with E-state index in [4.69, 9.17) is 9.31 Å². The van der Waals surface area contributed by atoms with Crippen molar-refractivity contribution in [1.29, 1.82) is 0 Å². The zero-order valence-electron chi connectivity index (χ0n) is 16.4. The molecule has 0 N–H and O–H groups in total. The molecule has 0 bridgehead atoms. The maximum atomic E-state index is 6.16. The van der Waals surface area contributed by atoms with Crippen molar-refractivity contribution in [3.63, 3.8) is 0 Å². The Balaban J connectivity index is 1.92. The Morgan fingerprint density at radius 3 is 2.08 bits per heavy atom. The number of nitrogens with zero attached hydrogens (tertiary/aromatic N) is 2. The molecule has 0 spiro atoms. The van der Waals surface area contributed by atoms with Crippen LogP contribution in [0.1, 0.15) is 60.1 Å². The van der Waals surface area contributed by atoms with Gasteiger partial charge in [-0.15, -0.1) is 0 Å². The topological polar surface area (TPSA) is 36.3 Å². The molecule has 1 saturated heterocycles. The van der Waals surface area contributed by atoms with Gasteiger partial charge in [0.15, 0.2) is 0 Å². The fourth-order valence-corrected chi connectivity index (χ4v) is 3.28. The van der Waals surface area contributed by atoms with Crippen molar-refractivity contribution in [2.24, 2.45) is 5.41 Å². The van der Waals surface area contributed by atoms with Gasteiger partial charge >= 0.3 is 7.12 Å². The first-order valence-electron chi connectivity index (χ1n) is 8.96. The van der Waals surface area contributed by atoms with E-state index in [-0.39, 0.29) is 29.8 Å². The third-order valence-electron chi connectivity index (χ3n) is 5.35. The largest absolute Gasteiger partial charge is 0.498 e. The van der Waals surface area contributed by atoms with Crippen LogP contribution < -0.4 is 5.46 Å². The third-order valence-corrected chi connectivity index (χ3v) is 5.35. The first-order valence-corrected chi connectivity index (χ1v) is 8.96. The van der Waals surface area contributed by atoms with E-state index in [2.05, 4.69) is 84.0 Å². The summed E-state index contributed by atoms with van der Waals surface area (Å²) in [4.78, 5) is 0. The molecule has 1 aromatic heterocycles. The Morgan fingerprint density at radius 2 is 1.56 bits per heavy atom. The summed E-state index contributed by atoms with van der Waals surface area (Å²) >= 11 is 0. The average Bonchev–Trinajstić information content (AvgIpc) is 3.02. The number of benzene rings is 1. The highest BCUT2D eigenvalue weighted by molar-refractivity contribution is 6.62. The molecule has 5 heteroatoms. The minimum absolute atomic E-state index is 0.0283. The van der Waals surface area contributed by atoms with Crippen LogP contribution in [-0.4, -0.2) is 28.1 Å². The van der Waals surface area contributed by atoms with E-state index in [0.717, 1.165) is 5.46 Å². The summed E-state index contributed by atoms with van der Waals surface area (Å²) in [6, 6.07) is 10.7. The highest BCUT2D eigenvalue weighted by Gasteiger charge is 2.52. The molecule has 134 valence electrons. The van der Waals surface area contributed by atoms with Crippen LogP contribution in [0.15, 0.2) is 42.7 Å². The lowest BCUT2D eigenvalue weighted by Crippen LogP contribution is -2.41. The van der Waals surface area contributed by atoms with Gasteiger partial charge in [-0.25, -0.2) is 0 Å². The van der Waals surface area contributed by atoms with Crippen molar-refractivity contribution in [1.82, 2.24) is 9.78 Å². The zero-order valence-corrected chi connectivity index (χ0v) is 16.4. The molecule has 0 amide bonds. The summed E-state index contributed by atoms with van der Waals surface area (Å²) in [6.45, 7) is 15.0. The van der Waals surface area contributed by atoms with Gasteiger partial charge in [0.1, 0.15) is 0 Å². The first-order chi connectivity index (χ1) is 11.5. The van der Waals surface area contributed by atoms with E-state index in [1.807, 2.05) is 16.9 Å². The fraction of sp³-hybridized carbons (Fsp3) is 0.550. The summed E-state index contributed by atoms with van der Waals surface area (Å²) in [6.07, 6.45) is 3.93. The second kappa shape index (κ2) is 5.99. The molecule has 1 atom stereocenters. The molecule has 1 aromatic carbocycles. The summed E-state index contributed by atoms with van der Waals surface area (Å²) in [5, 5.41) is 4.66. The van der Waals surface area contributed by atoms with Crippen LogP contribution in [0.3, 0.4) is 0 Å². The smallest absolute Gasteiger partial charge is 0.399 e. The second-order valence-corrected chi connectivity index (χ2v) is 9.02. The molecule has 0 aliphatic carbocycles. The Kier molecular flexibility index (Phi) is 4.37. The van der Waals surface area contributed by atoms with Crippen LogP contribution in [0, 0.1) is 5.41 Å². The number of aromatic nitrogens is 2. The van der Waals surface area contributed by atoms with Crippen LogP contribution in [-0.2, 0) is 9.31 Å². The first kappa shape index (κ1) is 18.2. The fourth-order valence-electron chi connectivity index (χ4n) is 3.28. The second-order valence-electron chi connectivity index (χ2n) is 9.02. The lowest BCUT2D eigenvalue weighted by Gasteiger charge is -2.32. The van der Waals surface area contributed by atoms with Crippen molar-refractivity contribution < 1.29 is 9.31 Å². The molecule has 0 saturated carbocycles. The van der Waals surface area contributed by atoms with Gasteiger partial charge in [0.25, 0.3) is 0 Å². The molecule has 1 aliphatic rings. The summed E-state index contributed by atoms with van der Waals surface area (Å²) < 4.78 is 14.4. The summed E-state index contributed by atoms with van der Waals surface area (Å²) in [5.41, 5.74) is 1.55. The molecular weight excluding hydrogens is 311 g/mol. The molecule has 3 rings (SSSR count). The molecule has 25 heavy (non-hydrogen) atoms. The van der Waals surface area contributed by atoms with Crippen LogP contribution in [0.5, 0.6) is 0 Å². The zero-order chi connectivity index (χ0) is 18.5. The Morgan fingerprint density at radius 1 is 1.00 bits per heavy atom. The van der Waals surface area contributed by atoms with Gasteiger partial charge in [0.05, 0.1) is 17.2 Å². The van der Waals surface area contributed by atoms with Gasteiger partial charge in [0, 0.05) is 17.9 Å². The Hall–Kier alpha value is -1.59. The average molecular weight is 340 g/mol. The standard InChI is InChI=1S/C20H29BN2O2/c1-18(2,3)17(15-11-9-8-10-12-15)23-14-16(13-22-23)21-24-19(4,5)20(6,7)25-21/h8-14,17H,1-7H3. The molecule has 1 unspecified atom stereocenters. The van der Waals surface area contributed by atoms with E-state index in [1.165, 1.54) is 5.56 Å². The Bertz CT molecular complexity index is 716. The molecule has 1 fully saturated rings. The van der Waals surface area contributed by atoms with E-state index < -0.39 is 0 Å². The van der Waals surface area contributed by atoms with Crippen LogP contribution in [0.25, 0.3) is 0 Å². The molecular formula is C20H29BN2O2. The van der Waals surface area contributed by atoms with Crippen molar-refractivity contribution >= 4 is 12.6 Å². The molecule has 2 aromatic rings. The molecule has 1 aliphatic heterocycles. The van der Waals surface area contributed by atoms with Gasteiger partial charge in [-0.3, -0.25) is 4.68 Å². The van der Waals surface area contributed by atoms with Crippen molar-refractivity contribution in [2.45, 2.75) is 65.7 Å². The normalized spacial score (nSPS) is 20.7. The van der Waals surface area contributed by atoms with Crippen molar-refractivity contribution in [2.75, 3.05) is 0 Å². The van der Waals surface area contributed by atoms with E-state index in [1.54, 1.807) is 0 Å². The molecule has 4 nitrogen and oxygen atoms in total. The maximum absolute atomic E-state index is 6.16. The van der Waals surface area contributed by atoms with E-state index in [0.29, 0.717) is 0 Å². The number of hydrogen-bond donors (Lipinski definition) is 0. The molecule has 2 heterocycles. The van der Waals surface area contributed by atoms with Crippen LogP contribution in [0.4, 0.5) is 0 Å². The van der Waals surface area contributed by atoms with Crippen LogP contribution in [0.2, 0.25) is 0 Å². The van der Waals surface area contributed by atoms with E-state index >= 15 is 0 Å². The van der Waals surface area contributed by atoms with Gasteiger partial charge in [-0.1, -0.05) is 51.1 Å². The predicted molar refractivity (Wildman–Crippen MR) is 102 cm³/mol. The highest BCUT2D eigenvalue weighted by Crippen LogP contribution is 2.38. The van der Waals surface area contributed by atoms with Gasteiger partial charge in [0.2, 0.25) is 0 Å². The lowest BCUT2D eigenvalue weighted by atomic mass is 9.80. The van der Waals surface area contributed by atoms with Crippen molar-refractivity contribution in [3.8, 4) is 0 Å². The number of rotatable bonds is 3. The monoisotopic (exact) mass is 340 g/mol. The maximum Gasteiger partial charge on any atom is 0.498 e. The quantitative estimate of drug-likeness (QED) is 0.797. The minimum atomic E-state index is -0.379. The van der Waals surface area contributed by atoms with Gasteiger partial charge < -0.3 is 9.31 Å². The summed E-state index contributed by atoms with van der Waals surface area (Å²) in [7, 11) is -0.379. The Labute approximate surface area is 151 Å². The predicted octanol–water partition coefficient (Wildman–Crippen LogP) is 3.82. The lowest BCUT2D eigenvalue weighted by molar-refractivity contribution is 0.00578. The molecule has 0 radical (unpaired) electrons.